The van der Waals surface area contributed by atoms with Gasteiger partial charge >= 0.3 is 0 Å². The topological polar surface area (TPSA) is 59.4 Å². The number of rotatable bonds is 5. The van der Waals surface area contributed by atoms with Gasteiger partial charge in [0, 0.05) is 0 Å². The van der Waals surface area contributed by atoms with Crippen LogP contribution in [-0.4, -0.2) is 5.11 Å². The summed E-state index contributed by atoms with van der Waals surface area (Å²) in [4.78, 5) is 0. The molecule has 0 aliphatic rings. The molecule has 0 saturated carbocycles. The Kier molecular flexibility index (Phi) is 4.17. The van der Waals surface area contributed by atoms with Crippen molar-refractivity contribution in [3.8, 4) is 0 Å². The van der Waals surface area contributed by atoms with Gasteiger partial charge in [0.1, 0.15) is 18.1 Å². The number of nitrogens with two attached hydrogens (primary N) is 1. The van der Waals surface area contributed by atoms with Crippen molar-refractivity contribution in [1.29, 1.82) is 0 Å². The SMILES string of the molecule is CC(C)CC[C@H](N)c1ccc(CO)o1. The molecule has 0 amide bonds. The van der Waals surface area contributed by atoms with Gasteiger partial charge < -0.3 is 15.3 Å². The van der Waals surface area contributed by atoms with E-state index in [-0.39, 0.29) is 12.6 Å². The molecule has 1 aromatic heterocycles. The molecular formula is C11H19NO2. The minimum atomic E-state index is -0.0586. The Morgan fingerprint density at radius 3 is 2.57 bits per heavy atom. The zero-order valence-electron chi connectivity index (χ0n) is 8.86. The fourth-order valence-corrected chi connectivity index (χ4v) is 1.33. The molecule has 14 heavy (non-hydrogen) atoms. The normalized spacial score (nSPS) is 13.5. The van der Waals surface area contributed by atoms with E-state index in [0.717, 1.165) is 18.6 Å². The first-order chi connectivity index (χ1) is 6.63. The number of aliphatic hydroxyl groups is 1. The molecule has 0 spiro atoms. The summed E-state index contributed by atoms with van der Waals surface area (Å²) in [5.41, 5.74) is 5.94. The van der Waals surface area contributed by atoms with E-state index < -0.39 is 0 Å². The van der Waals surface area contributed by atoms with Gasteiger partial charge in [0.15, 0.2) is 0 Å². The lowest BCUT2D eigenvalue weighted by Crippen LogP contribution is -2.10. The van der Waals surface area contributed by atoms with Gasteiger partial charge in [-0.05, 0) is 30.9 Å². The summed E-state index contributed by atoms with van der Waals surface area (Å²) in [5, 5.41) is 8.82. The third-order valence-electron chi connectivity index (χ3n) is 2.26. The van der Waals surface area contributed by atoms with Crippen molar-refractivity contribution >= 4 is 0 Å². The first kappa shape index (κ1) is 11.3. The molecular weight excluding hydrogens is 178 g/mol. The standard InChI is InChI=1S/C11H19NO2/c1-8(2)3-5-10(12)11-6-4-9(7-13)14-11/h4,6,8,10,13H,3,5,7,12H2,1-2H3/t10-/m0/s1. The molecule has 3 heteroatoms. The zero-order valence-corrected chi connectivity index (χ0v) is 8.86. The van der Waals surface area contributed by atoms with Crippen LogP contribution in [0.2, 0.25) is 0 Å². The minimum Gasteiger partial charge on any atom is -0.462 e. The third kappa shape index (κ3) is 3.16. The van der Waals surface area contributed by atoms with Crippen LogP contribution in [0.1, 0.15) is 44.3 Å². The Morgan fingerprint density at radius 2 is 2.07 bits per heavy atom. The van der Waals surface area contributed by atoms with Crippen molar-refractivity contribution in [3.63, 3.8) is 0 Å². The molecule has 0 bridgehead atoms. The van der Waals surface area contributed by atoms with Crippen LogP contribution in [-0.2, 0) is 6.61 Å². The maximum atomic E-state index is 8.82. The number of hydrogen-bond acceptors (Lipinski definition) is 3. The summed E-state index contributed by atoms with van der Waals surface area (Å²) in [6.07, 6.45) is 2.02. The molecule has 1 heterocycles. The first-order valence-electron chi connectivity index (χ1n) is 5.08. The smallest absolute Gasteiger partial charge is 0.129 e. The monoisotopic (exact) mass is 197 g/mol. The van der Waals surface area contributed by atoms with E-state index in [2.05, 4.69) is 13.8 Å². The predicted molar refractivity (Wildman–Crippen MR) is 55.6 cm³/mol. The molecule has 1 aromatic rings. The quantitative estimate of drug-likeness (QED) is 0.760. The molecule has 0 unspecified atom stereocenters. The summed E-state index contributed by atoms with van der Waals surface area (Å²) in [6, 6.07) is 3.57. The fraction of sp³-hybridized carbons (Fsp3) is 0.636. The maximum Gasteiger partial charge on any atom is 0.129 e. The molecule has 0 saturated heterocycles. The van der Waals surface area contributed by atoms with E-state index in [0.29, 0.717) is 11.7 Å². The minimum absolute atomic E-state index is 0.0438. The van der Waals surface area contributed by atoms with Gasteiger partial charge in [-0.1, -0.05) is 13.8 Å². The highest BCUT2D eigenvalue weighted by atomic mass is 16.4. The van der Waals surface area contributed by atoms with Crippen LogP contribution in [0.15, 0.2) is 16.5 Å². The van der Waals surface area contributed by atoms with E-state index in [1.165, 1.54) is 0 Å². The highest BCUT2D eigenvalue weighted by Crippen LogP contribution is 2.20. The average Bonchev–Trinajstić information content (AvgIpc) is 2.62. The lowest BCUT2D eigenvalue weighted by molar-refractivity contribution is 0.240. The highest BCUT2D eigenvalue weighted by Gasteiger charge is 2.11. The molecule has 0 radical (unpaired) electrons. The average molecular weight is 197 g/mol. The van der Waals surface area contributed by atoms with Crippen LogP contribution in [0.3, 0.4) is 0 Å². The molecule has 1 rings (SSSR count). The largest absolute Gasteiger partial charge is 0.462 e. The molecule has 0 aliphatic carbocycles. The lowest BCUT2D eigenvalue weighted by Gasteiger charge is -2.10. The second-order valence-corrected chi connectivity index (χ2v) is 4.04. The molecule has 3 nitrogen and oxygen atoms in total. The Labute approximate surface area is 84.9 Å². The second kappa shape index (κ2) is 5.17. The number of hydrogen-bond donors (Lipinski definition) is 2. The summed E-state index contributed by atoms with van der Waals surface area (Å²) in [7, 11) is 0. The van der Waals surface area contributed by atoms with Crippen molar-refractivity contribution in [2.24, 2.45) is 11.7 Å². The molecule has 1 atom stereocenters. The van der Waals surface area contributed by atoms with Crippen molar-refractivity contribution in [1.82, 2.24) is 0 Å². The summed E-state index contributed by atoms with van der Waals surface area (Å²) in [5.74, 6) is 2.02. The van der Waals surface area contributed by atoms with Crippen LogP contribution in [0.4, 0.5) is 0 Å². The zero-order chi connectivity index (χ0) is 10.6. The predicted octanol–water partition coefficient (Wildman–Crippen LogP) is 2.21. The van der Waals surface area contributed by atoms with E-state index in [1.54, 1.807) is 6.07 Å². The first-order valence-corrected chi connectivity index (χ1v) is 5.08. The Balaban J connectivity index is 2.47. The Bertz CT molecular complexity index is 268. The fourth-order valence-electron chi connectivity index (χ4n) is 1.33. The third-order valence-corrected chi connectivity index (χ3v) is 2.26. The van der Waals surface area contributed by atoms with Crippen LogP contribution in [0.5, 0.6) is 0 Å². The van der Waals surface area contributed by atoms with Crippen molar-refractivity contribution in [3.05, 3.63) is 23.7 Å². The molecule has 0 aromatic carbocycles. The summed E-state index contributed by atoms with van der Waals surface area (Å²) < 4.78 is 5.35. The van der Waals surface area contributed by atoms with Crippen molar-refractivity contribution in [2.75, 3.05) is 0 Å². The molecule has 3 N–H and O–H groups in total. The van der Waals surface area contributed by atoms with E-state index in [1.807, 2.05) is 6.07 Å². The molecule has 0 fully saturated rings. The van der Waals surface area contributed by atoms with E-state index in [4.69, 9.17) is 15.3 Å². The van der Waals surface area contributed by atoms with Crippen LogP contribution in [0, 0.1) is 5.92 Å². The lowest BCUT2D eigenvalue weighted by atomic mass is 10.0. The highest BCUT2D eigenvalue weighted by molar-refractivity contribution is 5.09. The number of aliphatic hydroxyl groups excluding tert-OH is 1. The van der Waals surface area contributed by atoms with Gasteiger partial charge in [0.2, 0.25) is 0 Å². The van der Waals surface area contributed by atoms with Crippen LogP contribution >= 0.6 is 0 Å². The van der Waals surface area contributed by atoms with Crippen LogP contribution < -0.4 is 5.73 Å². The maximum absolute atomic E-state index is 8.82. The van der Waals surface area contributed by atoms with Gasteiger partial charge in [-0.25, -0.2) is 0 Å². The molecule has 80 valence electrons. The molecule has 0 aliphatic heterocycles. The van der Waals surface area contributed by atoms with Crippen molar-refractivity contribution < 1.29 is 9.52 Å². The Morgan fingerprint density at radius 1 is 1.36 bits per heavy atom. The number of furan rings is 1. The van der Waals surface area contributed by atoms with Gasteiger partial charge in [0.05, 0.1) is 6.04 Å². The summed E-state index contributed by atoms with van der Waals surface area (Å²) in [6.45, 7) is 4.29. The van der Waals surface area contributed by atoms with E-state index >= 15 is 0 Å². The van der Waals surface area contributed by atoms with E-state index in [9.17, 15) is 0 Å². The Hall–Kier alpha value is -0.800. The van der Waals surface area contributed by atoms with Crippen molar-refractivity contribution in [2.45, 2.75) is 39.3 Å². The summed E-state index contributed by atoms with van der Waals surface area (Å²) >= 11 is 0. The van der Waals surface area contributed by atoms with Gasteiger partial charge in [0.25, 0.3) is 0 Å². The van der Waals surface area contributed by atoms with Gasteiger partial charge in [-0.15, -0.1) is 0 Å². The second-order valence-electron chi connectivity index (χ2n) is 4.04. The van der Waals surface area contributed by atoms with Crippen LogP contribution in [0.25, 0.3) is 0 Å². The van der Waals surface area contributed by atoms with Gasteiger partial charge in [-0.2, -0.15) is 0 Å². The van der Waals surface area contributed by atoms with Gasteiger partial charge in [-0.3, -0.25) is 0 Å².